The van der Waals surface area contributed by atoms with Gasteiger partial charge in [-0.15, -0.1) is 10.2 Å². The van der Waals surface area contributed by atoms with E-state index >= 15 is 0 Å². The van der Waals surface area contributed by atoms with Gasteiger partial charge >= 0.3 is 0 Å². The van der Waals surface area contributed by atoms with Crippen LogP contribution in [0.3, 0.4) is 0 Å². The lowest BCUT2D eigenvalue weighted by Crippen LogP contribution is -2.20. The molecule has 1 saturated heterocycles. The molecule has 6 nitrogen and oxygen atoms in total. The number of carbonyl (C=O) groups excluding carboxylic acids is 1. The first-order valence-corrected chi connectivity index (χ1v) is 5.49. The van der Waals surface area contributed by atoms with Crippen LogP contribution < -0.4 is 11.1 Å². The zero-order valence-corrected chi connectivity index (χ0v) is 9.07. The third-order valence-electron chi connectivity index (χ3n) is 1.76. The van der Waals surface area contributed by atoms with Crippen LogP contribution in [0.1, 0.15) is 5.69 Å². The molecule has 0 radical (unpaired) electrons. The molecule has 7 heteroatoms. The summed E-state index contributed by atoms with van der Waals surface area (Å²) in [6.07, 6.45) is 1.62. The summed E-state index contributed by atoms with van der Waals surface area (Å²) in [4.78, 5) is 14.9. The van der Waals surface area contributed by atoms with Gasteiger partial charge in [0.15, 0.2) is 11.0 Å². The van der Waals surface area contributed by atoms with Gasteiger partial charge in [0.1, 0.15) is 5.69 Å². The number of aromatic nitrogens is 1. The van der Waals surface area contributed by atoms with Crippen molar-refractivity contribution in [2.24, 2.45) is 15.9 Å². The number of hydrogen-bond donors (Lipinski definition) is 2. The summed E-state index contributed by atoms with van der Waals surface area (Å²) >= 11 is 1.29. The maximum Gasteiger partial charge on any atom is 0.236 e. The number of amidine groups is 2. The van der Waals surface area contributed by atoms with Crippen molar-refractivity contribution in [3.8, 4) is 0 Å². The highest BCUT2D eigenvalue weighted by molar-refractivity contribution is 8.15. The summed E-state index contributed by atoms with van der Waals surface area (Å²) in [5.41, 5.74) is 6.22. The summed E-state index contributed by atoms with van der Waals surface area (Å²) in [7, 11) is 0. The highest BCUT2D eigenvalue weighted by atomic mass is 32.2. The maximum atomic E-state index is 10.9. The molecule has 2 rings (SSSR count). The largest absolute Gasteiger partial charge is 0.380 e. The van der Waals surface area contributed by atoms with Gasteiger partial charge in [-0.1, -0.05) is 17.8 Å². The second-order valence-electron chi connectivity index (χ2n) is 2.94. The SMILES string of the molecule is N/C(=N\N=C1\NC(=O)CS1)c1ccccn1. The van der Waals surface area contributed by atoms with E-state index in [0.29, 0.717) is 16.6 Å². The number of pyridine rings is 1. The van der Waals surface area contributed by atoms with Crippen LogP contribution >= 0.6 is 11.8 Å². The molecule has 0 saturated carbocycles. The van der Waals surface area contributed by atoms with Crippen molar-refractivity contribution in [1.82, 2.24) is 10.3 Å². The summed E-state index contributed by atoms with van der Waals surface area (Å²) in [5, 5.41) is 10.6. The summed E-state index contributed by atoms with van der Waals surface area (Å²) < 4.78 is 0. The first kappa shape index (κ1) is 10.6. The van der Waals surface area contributed by atoms with Gasteiger partial charge in [0.25, 0.3) is 0 Å². The highest BCUT2D eigenvalue weighted by Gasteiger charge is 2.16. The van der Waals surface area contributed by atoms with Gasteiger partial charge < -0.3 is 11.1 Å². The number of rotatable bonds is 2. The molecule has 1 aliphatic rings. The number of carbonyl (C=O) groups is 1. The van der Waals surface area contributed by atoms with E-state index in [2.05, 4.69) is 20.5 Å². The molecule has 3 N–H and O–H groups in total. The fourth-order valence-corrected chi connectivity index (χ4v) is 1.67. The molecule has 1 fully saturated rings. The molecule has 1 aliphatic heterocycles. The first-order valence-electron chi connectivity index (χ1n) is 4.51. The van der Waals surface area contributed by atoms with Crippen molar-refractivity contribution in [2.45, 2.75) is 0 Å². The van der Waals surface area contributed by atoms with Crippen LogP contribution in [0.5, 0.6) is 0 Å². The van der Waals surface area contributed by atoms with Crippen molar-refractivity contribution in [1.29, 1.82) is 0 Å². The van der Waals surface area contributed by atoms with Crippen molar-refractivity contribution < 1.29 is 4.79 Å². The minimum absolute atomic E-state index is 0.0737. The van der Waals surface area contributed by atoms with E-state index in [1.807, 2.05) is 6.07 Å². The molecular formula is C9H9N5OS. The maximum absolute atomic E-state index is 10.9. The van der Waals surface area contributed by atoms with E-state index in [4.69, 9.17) is 5.73 Å². The van der Waals surface area contributed by atoms with Crippen molar-refractivity contribution >= 4 is 28.7 Å². The molecule has 0 aromatic carbocycles. The molecule has 0 unspecified atom stereocenters. The Labute approximate surface area is 96.0 Å². The number of thioether (sulfide) groups is 1. The number of nitrogens with two attached hydrogens (primary N) is 1. The Morgan fingerprint density at radius 2 is 2.44 bits per heavy atom. The Kier molecular flexibility index (Phi) is 3.16. The number of nitrogens with zero attached hydrogens (tertiary/aromatic N) is 3. The van der Waals surface area contributed by atoms with Crippen molar-refractivity contribution in [3.05, 3.63) is 30.1 Å². The predicted octanol–water partition coefficient (Wildman–Crippen LogP) is -0.0791. The third-order valence-corrected chi connectivity index (χ3v) is 2.63. The Bertz CT molecular complexity index is 456. The van der Waals surface area contributed by atoms with Gasteiger partial charge in [0.05, 0.1) is 5.75 Å². The molecule has 1 amide bonds. The smallest absolute Gasteiger partial charge is 0.236 e. The van der Waals surface area contributed by atoms with Gasteiger partial charge in [0.2, 0.25) is 5.91 Å². The van der Waals surface area contributed by atoms with Crippen LogP contribution in [0.4, 0.5) is 0 Å². The molecule has 0 spiro atoms. The molecule has 2 heterocycles. The Hall–Kier alpha value is -1.89. The topological polar surface area (TPSA) is 92.7 Å². The van der Waals surface area contributed by atoms with Crippen LogP contribution in [0, 0.1) is 0 Å². The third kappa shape index (κ3) is 2.57. The average molecular weight is 235 g/mol. The van der Waals surface area contributed by atoms with E-state index in [1.165, 1.54) is 11.8 Å². The predicted molar refractivity (Wildman–Crippen MR) is 63.0 cm³/mol. The van der Waals surface area contributed by atoms with Crippen LogP contribution in [0.25, 0.3) is 0 Å². The molecule has 0 atom stereocenters. The molecule has 0 aliphatic carbocycles. The molecule has 16 heavy (non-hydrogen) atoms. The van der Waals surface area contributed by atoms with Crippen LogP contribution in [-0.2, 0) is 4.79 Å². The Balaban J connectivity index is 2.11. The van der Waals surface area contributed by atoms with Gasteiger partial charge in [-0.3, -0.25) is 9.78 Å². The van der Waals surface area contributed by atoms with E-state index < -0.39 is 0 Å². The van der Waals surface area contributed by atoms with Crippen LogP contribution in [0.2, 0.25) is 0 Å². The summed E-state index contributed by atoms with van der Waals surface area (Å²) in [6.45, 7) is 0. The standard InChI is InChI=1S/C9H9N5OS/c10-8(6-3-1-2-4-11-6)13-14-9-12-7(15)5-16-9/h1-4H,5H2,(H2,10,13)(H,12,14,15). The Morgan fingerprint density at radius 1 is 1.56 bits per heavy atom. The van der Waals surface area contributed by atoms with Gasteiger partial charge in [-0.25, -0.2) is 0 Å². The number of amides is 1. The number of hydrogen-bond acceptors (Lipinski definition) is 5. The van der Waals surface area contributed by atoms with Gasteiger partial charge in [0, 0.05) is 6.20 Å². The van der Waals surface area contributed by atoms with Gasteiger partial charge in [-0.05, 0) is 12.1 Å². The van der Waals surface area contributed by atoms with E-state index in [0.717, 1.165) is 0 Å². The first-order chi connectivity index (χ1) is 7.75. The summed E-state index contributed by atoms with van der Waals surface area (Å²) in [5.74, 6) is 0.517. The molecule has 1 aromatic heterocycles. The molecule has 82 valence electrons. The quantitative estimate of drug-likeness (QED) is 0.426. The second-order valence-corrected chi connectivity index (χ2v) is 3.91. The fraction of sp³-hybridized carbons (Fsp3) is 0.111. The van der Waals surface area contributed by atoms with E-state index in [9.17, 15) is 4.79 Å². The zero-order chi connectivity index (χ0) is 11.4. The lowest BCUT2D eigenvalue weighted by molar-refractivity contribution is -0.116. The monoisotopic (exact) mass is 235 g/mol. The van der Waals surface area contributed by atoms with Crippen molar-refractivity contribution in [3.63, 3.8) is 0 Å². The van der Waals surface area contributed by atoms with Crippen LogP contribution in [-0.4, -0.2) is 27.6 Å². The minimum Gasteiger partial charge on any atom is -0.380 e. The summed E-state index contributed by atoms with van der Waals surface area (Å²) in [6, 6.07) is 5.33. The lowest BCUT2D eigenvalue weighted by Gasteiger charge is -1.96. The minimum atomic E-state index is -0.0737. The van der Waals surface area contributed by atoms with Gasteiger partial charge in [-0.2, -0.15) is 0 Å². The second kappa shape index (κ2) is 4.75. The lowest BCUT2D eigenvalue weighted by atomic mass is 10.3. The zero-order valence-electron chi connectivity index (χ0n) is 8.25. The van der Waals surface area contributed by atoms with E-state index in [-0.39, 0.29) is 11.7 Å². The number of nitrogens with one attached hydrogen (secondary N) is 1. The normalized spacial score (nSPS) is 18.9. The highest BCUT2D eigenvalue weighted by Crippen LogP contribution is 2.08. The molecule has 1 aromatic rings. The fourth-order valence-electron chi connectivity index (χ4n) is 1.04. The van der Waals surface area contributed by atoms with E-state index in [1.54, 1.807) is 18.3 Å². The average Bonchev–Trinajstić information content (AvgIpc) is 2.73. The van der Waals surface area contributed by atoms with Crippen LogP contribution in [0.15, 0.2) is 34.6 Å². The van der Waals surface area contributed by atoms with Crippen molar-refractivity contribution in [2.75, 3.05) is 5.75 Å². The molecular weight excluding hydrogens is 226 g/mol. The Morgan fingerprint density at radius 3 is 3.06 bits per heavy atom. The molecule has 0 bridgehead atoms.